The van der Waals surface area contributed by atoms with E-state index in [1.807, 2.05) is 36.9 Å². The van der Waals surface area contributed by atoms with Crippen LogP contribution in [0, 0.1) is 26.7 Å². The van der Waals surface area contributed by atoms with E-state index in [-0.39, 0.29) is 5.92 Å². The van der Waals surface area contributed by atoms with Crippen LogP contribution in [0.25, 0.3) is 0 Å². The maximum atomic E-state index is 10.4. The van der Waals surface area contributed by atoms with Gasteiger partial charge in [0.05, 0.1) is 24.0 Å². The number of pyridine rings is 1. The zero-order chi connectivity index (χ0) is 19.0. The molecule has 0 amide bonds. The van der Waals surface area contributed by atoms with E-state index in [4.69, 9.17) is 4.52 Å². The Labute approximate surface area is 158 Å². The van der Waals surface area contributed by atoms with Crippen LogP contribution in [0.1, 0.15) is 28.4 Å². The number of nitrogens with zero attached hydrogens (tertiary/aromatic N) is 5. The first-order valence-electron chi connectivity index (χ1n) is 9.29. The van der Waals surface area contributed by atoms with Crippen LogP contribution < -0.4 is 4.90 Å². The Morgan fingerprint density at radius 3 is 2.63 bits per heavy atom. The van der Waals surface area contributed by atoms with Gasteiger partial charge in [0.1, 0.15) is 11.6 Å². The van der Waals surface area contributed by atoms with Gasteiger partial charge in [-0.15, -0.1) is 0 Å². The highest BCUT2D eigenvalue weighted by Crippen LogP contribution is 2.26. The summed E-state index contributed by atoms with van der Waals surface area (Å²) in [6.45, 7) is 8.01. The third-order valence-electron chi connectivity index (χ3n) is 5.12. The summed E-state index contributed by atoms with van der Waals surface area (Å²) >= 11 is 0. The van der Waals surface area contributed by atoms with Crippen molar-refractivity contribution in [3.05, 3.63) is 58.9 Å². The van der Waals surface area contributed by atoms with Crippen LogP contribution in [0.2, 0.25) is 0 Å². The van der Waals surface area contributed by atoms with Gasteiger partial charge in [-0.3, -0.25) is 4.68 Å². The number of aromatic nitrogens is 4. The van der Waals surface area contributed by atoms with Gasteiger partial charge in [0.2, 0.25) is 0 Å². The lowest BCUT2D eigenvalue weighted by Gasteiger charge is -2.17. The molecule has 1 aliphatic rings. The van der Waals surface area contributed by atoms with Gasteiger partial charge in [-0.2, -0.15) is 5.10 Å². The normalized spacial score (nSPS) is 19.8. The molecule has 1 fully saturated rings. The summed E-state index contributed by atoms with van der Waals surface area (Å²) in [5.74, 6) is 1.84. The first kappa shape index (κ1) is 17.7. The van der Waals surface area contributed by atoms with E-state index in [0.717, 1.165) is 40.8 Å². The molecule has 142 valence electrons. The Morgan fingerprint density at radius 2 is 2.00 bits per heavy atom. The molecule has 0 aliphatic carbocycles. The SMILES string of the molecule is Cc1cc(C[C@@H]2CN(c3ccc(Cn4nc(C)cc4C)cn3)C[C@@H]2O)on1. The van der Waals surface area contributed by atoms with Crippen LogP contribution in [0.3, 0.4) is 0 Å². The summed E-state index contributed by atoms with van der Waals surface area (Å²) in [5.41, 5.74) is 4.15. The Kier molecular flexibility index (Phi) is 4.70. The average molecular weight is 367 g/mol. The van der Waals surface area contributed by atoms with Gasteiger partial charge in [-0.05, 0) is 38.5 Å². The summed E-state index contributed by atoms with van der Waals surface area (Å²) in [6, 6.07) is 8.11. The fraction of sp³-hybridized carbons (Fsp3) is 0.450. The van der Waals surface area contributed by atoms with Crippen LogP contribution in [0.5, 0.6) is 0 Å². The highest BCUT2D eigenvalue weighted by molar-refractivity contribution is 5.41. The van der Waals surface area contributed by atoms with E-state index >= 15 is 0 Å². The third-order valence-corrected chi connectivity index (χ3v) is 5.12. The van der Waals surface area contributed by atoms with Crippen LogP contribution in [-0.4, -0.2) is 44.2 Å². The molecule has 7 heteroatoms. The number of aryl methyl sites for hydroxylation is 3. The molecule has 3 aromatic rings. The lowest BCUT2D eigenvalue weighted by atomic mass is 10.0. The number of rotatable bonds is 5. The van der Waals surface area contributed by atoms with Crippen molar-refractivity contribution in [3.63, 3.8) is 0 Å². The van der Waals surface area contributed by atoms with Crippen molar-refractivity contribution in [1.29, 1.82) is 0 Å². The molecule has 0 saturated carbocycles. The molecule has 1 aliphatic heterocycles. The number of β-amino-alcohol motifs (C(OH)–C–C–N with tert-alkyl or cyclic N) is 1. The van der Waals surface area contributed by atoms with E-state index in [2.05, 4.69) is 39.2 Å². The highest BCUT2D eigenvalue weighted by atomic mass is 16.5. The minimum absolute atomic E-state index is 0.119. The minimum Gasteiger partial charge on any atom is -0.391 e. The molecule has 0 unspecified atom stereocenters. The van der Waals surface area contributed by atoms with Crippen molar-refractivity contribution in [1.82, 2.24) is 19.9 Å². The minimum atomic E-state index is -0.397. The van der Waals surface area contributed by atoms with Gasteiger partial charge >= 0.3 is 0 Å². The second-order valence-electron chi connectivity index (χ2n) is 7.48. The van der Waals surface area contributed by atoms with Crippen molar-refractivity contribution < 1.29 is 9.63 Å². The van der Waals surface area contributed by atoms with E-state index in [1.165, 1.54) is 0 Å². The molecular formula is C20H25N5O2. The summed E-state index contributed by atoms with van der Waals surface area (Å²) in [5, 5.41) is 18.8. The topological polar surface area (TPSA) is 80.2 Å². The molecule has 2 atom stereocenters. The third kappa shape index (κ3) is 3.88. The summed E-state index contributed by atoms with van der Waals surface area (Å²) in [7, 11) is 0. The average Bonchev–Trinajstić information content (AvgIpc) is 3.29. The quantitative estimate of drug-likeness (QED) is 0.745. The van der Waals surface area contributed by atoms with Gasteiger partial charge in [0, 0.05) is 43.4 Å². The van der Waals surface area contributed by atoms with Gasteiger partial charge in [-0.25, -0.2) is 4.98 Å². The van der Waals surface area contributed by atoms with E-state index in [9.17, 15) is 5.11 Å². The number of aliphatic hydroxyl groups excluding tert-OH is 1. The largest absolute Gasteiger partial charge is 0.391 e. The van der Waals surface area contributed by atoms with Crippen LogP contribution in [0.4, 0.5) is 5.82 Å². The molecule has 27 heavy (non-hydrogen) atoms. The van der Waals surface area contributed by atoms with Gasteiger partial charge in [0.15, 0.2) is 0 Å². The lowest BCUT2D eigenvalue weighted by Crippen LogP contribution is -2.22. The Hall–Kier alpha value is -2.67. The molecule has 0 radical (unpaired) electrons. The number of anilines is 1. The fourth-order valence-corrected chi connectivity index (χ4v) is 3.72. The first-order valence-corrected chi connectivity index (χ1v) is 9.29. The molecule has 0 bridgehead atoms. The lowest BCUT2D eigenvalue weighted by molar-refractivity contribution is 0.143. The standard InChI is InChI=1S/C20H25N5O2/c1-13-6-15(3)25(22-13)10-16-4-5-20(21-9-16)24-11-17(19(26)12-24)8-18-7-14(2)23-27-18/h4-7,9,17,19,26H,8,10-12H2,1-3H3/t17-,19+/m1/s1. The molecule has 7 nitrogen and oxygen atoms in total. The molecule has 4 rings (SSSR count). The number of aliphatic hydroxyl groups is 1. The zero-order valence-electron chi connectivity index (χ0n) is 16.0. The Bertz CT molecular complexity index is 915. The van der Waals surface area contributed by atoms with Gasteiger partial charge < -0.3 is 14.5 Å². The van der Waals surface area contributed by atoms with E-state index in [0.29, 0.717) is 19.5 Å². The van der Waals surface area contributed by atoms with Crippen molar-refractivity contribution in [2.75, 3.05) is 18.0 Å². The second-order valence-corrected chi connectivity index (χ2v) is 7.48. The smallest absolute Gasteiger partial charge is 0.137 e. The van der Waals surface area contributed by atoms with Gasteiger partial charge in [-0.1, -0.05) is 11.2 Å². The maximum Gasteiger partial charge on any atom is 0.137 e. The predicted octanol–water partition coefficient (Wildman–Crippen LogP) is 2.28. The van der Waals surface area contributed by atoms with Crippen molar-refractivity contribution in [3.8, 4) is 0 Å². The number of hydrogen-bond acceptors (Lipinski definition) is 6. The summed E-state index contributed by atoms with van der Waals surface area (Å²) < 4.78 is 7.28. The summed E-state index contributed by atoms with van der Waals surface area (Å²) in [6.07, 6.45) is 2.19. The number of hydrogen-bond donors (Lipinski definition) is 1. The molecule has 4 heterocycles. The van der Waals surface area contributed by atoms with Crippen LogP contribution >= 0.6 is 0 Å². The van der Waals surface area contributed by atoms with E-state index in [1.54, 1.807) is 0 Å². The fourth-order valence-electron chi connectivity index (χ4n) is 3.72. The van der Waals surface area contributed by atoms with Crippen molar-refractivity contribution in [2.45, 2.75) is 39.8 Å². The van der Waals surface area contributed by atoms with Crippen LogP contribution in [-0.2, 0) is 13.0 Å². The molecule has 0 aromatic carbocycles. The highest BCUT2D eigenvalue weighted by Gasteiger charge is 2.32. The Balaban J connectivity index is 1.41. The van der Waals surface area contributed by atoms with Crippen molar-refractivity contribution >= 4 is 5.82 Å². The van der Waals surface area contributed by atoms with Gasteiger partial charge in [0.25, 0.3) is 0 Å². The summed E-state index contributed by atoms with van der Waals surface area (Å²) in [4.78, 5) is 6.74. The molecule has 3 aromatic heterocycles. The monoisotopic (exact) mass is 367 g/mol. The first-order chi connectivity index (χ1) is 13.0. The molecular weight excluding hydrogens is 342 g/mol. The maximum absolute atomic E-state index is 10.4. The Morgan fingerprint density at radius 1 is 1.15 bits per heavy atom. The van der Waals surface area contributed by atoms with Crippen molar-refractivity contribution in [2.24, 2.45) is 5.92 Å². The molecule has 1 saturated heterocycles. The second kappa shape index (κ2) is 7.15. The van der Waals surface area contributed by atoms with E-state index < -0.39 is 6.10 Å². The zero-order valence-corrected chi connectivity index (χ0v) is 16.0. The molecule has 1 N–H and O–H groups in total. The predicted molar refractivity (Wildman–Crippen MR) is 102 cm³/mol. The molecule has 0 spiro atoms. The van der Waals surface area contributed by atoms with Crippen LogP contribution in [0.15, 0.2) is 35.0 Å².